The van der Waals surface area contributed by atoms with Gasteiger partial charge in [0.1, 0.15) is 0 Å². The molecule has 114 valence electrons. The first-order valence-electron chi connectivity index (χ1n) is 8.12. The van der Waals surface area contributed by atoms with E-state index in [1.807, 2.05) is 0 Å². The monoisotopic (exact) mass is 270 g/mol. The lowest BCUT2D eigenvalue weighted by atomic mass is 10.0. The Balaban J connectivity index is 1.99. The molecular formula is C16H34N2O. The molecule has 0 aromatic heterocycles. The molecule has 2 unspecified atom stereocenters. The Morgan fingerprint density at radius 2 is 2.05 bits per heavy atom. The van der Waals surface area contributed by atoms with Crippen molar-refractivity contribution in [1.29, 1.82) is 0 Å². The quantitative estimate of drug-likeness (QED) is 0.652. The van der Waals surface area contributed by atoms with Crippen molar-refractivity contribution >= 4 is 0 Å². The molecule has 1 fully saturated rings. The molecule has 0 bridgehead atoms. The lowest BCUT2D eigenvalue weighted by Gasteiger charge is -2.33. The van der Waals surface area contributed by atoms with Crippen LogP contribution in [0.4, 0.5) is 0 Å². The highest BCUT2D eigenvalue weighted by Crippen LogP contribution is 2.16. The predicted molar refractivity (Wildman–Crippen MR) is 82.6 cm³/mol. The average Bonchev–Trinajstić information content (AvgIpc) is 2.37. The highest BCUT2D eigenvalue weighted by atomic mass is 16.5. The normalized spacial score (nSPS) is 22.9. The summed E-state index contributed by atoms with van der Waals surface area (Å²) in [6.07, 6.45) is 6.81. The van der Waals surface area contributed by atoms with Gasteiger partial charge in [-0.3, -0.25) is 0 Å². The first-order chi connectivity index (χ1) is 9.09. The molecule has 1 N–H and O–H groups in total. The van der Waals surface area contributed by atoms with E-state index in [2.05, 4.69) is 38.0 Å². The molecule has 3 nitrogen and oxygen atoms in total. The van der Waals surface area contributed by atoms with Crippen LogP contribution in [0.1, 0.15) is 52.9 Å². The van der Waals surface area contributed by atoms with Crippen LogP contribution in [-0.2, 0) is 4.74 Å². The summed E-state index contributed by atoms with van der Waals surface area (Å²) in [7, 11) is 2.23. The van der Waals surface area contributed by atoms with Gasteiger partial charge in [-0.15, -0.1) is 0 Å². The number of piperidine rings is 1. The minimum atomic E-state index is 0.399. The molecule has 1 saturated heterocycles. The van der Waals surface area contributed by atoms with Crippen molar-refractivity contribution < 1.29 is 4.74 Å². The molecule has 2 atom stereocenters. The number of rotatable bonds is 9. The maximum atomic E-state index is 6.01. The fraction of sp³-hybridized carbons (Fsp3) is 1.00. The minimum absolute atomic E-state index is 0.399. The summed E-state index contributed by atoms with van der Waals surface area (Å²) >= 11 is 0. The van der Waals surface area contributed by atoms with Crippen molar-refractivity contribution in [3.05, 3.63) is 0 Å². The van der Waals surface area contributed by atoms with E-state index >= 15 is 0 Å². The number of nitrogens with one attached hydrogen (secondary N) is 1. The van der Waals surface area contributed by atoms with E-state index in [1.165, 1.54) is 38.6 Å². The number of hydrogen-bond acceptors (Lipinski definition) is 3. The molecule has 0 aromatic rings. The van der Waals surface area contributed by atoms with E-state index in [0.29, 0.717) is 12.1 Å². The Bertz CT molecular complexity index is 221. The van der Waals surface area contributed by atoms with Crippen molar-refractivity contribution in [2.75, 3.05) is 33.3 Å². The van der Waals surface area contributed by atoms with Crippen molar-refractivity contribution in [2.24, 2.45) is 5.92 Å². The Labute approximate surface area is 120 Å². The molecule has 1 heterocycles. The van der Waals surface area contributed by atoms with Crippen molar-refractivity contribution in [3.8, 4) is 0 Å². The Morgan fingerprint density at radius 1 is 1.26 bits per heavy atom. The maximum Gasteiger partial charge on any atom is 0.0625 e. The molecule has 1 rings (SSSR count). The topological polar surface area (TPSA) is 24.5 Å². The van der Waals surface area contributed by atoms with E-state index in [4.69, 9.17) is 4.74 Å². The standard InChI is InChI=1S/C16H34N2O/c1-14(2)12-17-10-7-8-15(3)19-13-16-9-5-6-11-18(16)4/h14-17H,5-13H2,1-4H3. The Kier molecular flexibility index (Phi) is 8.67. The van der Waals surface area contributed by atoms with Gasteiger partial charge in [0.15, 0.2) is 0 Å². The highest BCUT2D eigenvalue weighted by molar-refractivity contribution is 4.74. The van der Waals surface area contributed by atoms with Gasteiger partial charge in [-0.25, -0.2) is 0 Å². The van der Waals surface area contributed by atoms with Crippen LogP contribution in [0.2, 0.25) is 0 Å². The van der Waals surface area contributed by atoms with Gasteiger partial charge < -0.3 is 15.0 Å². The van der Waals surface area contributed by atoms with Gasteiger partial charge in [-0.2, -0.15) is 0 Å². The molecule has 1 aliphatic rings. The number of ether oxygens (including phenoxy) is 1. The second kappa shape index (κ2) is 9.73. The van der Waals surface area contributed by atoms with Crippen LogP contribution >= 0.6 is 0 Å². The molecular weight excluding hydrogens is 236 g/mol. The van der Waals surface area contributed by atoms with Gasteiger partial charge in [-0.05, 0) is 65.2 Å². The number of hydrogen-bond donors (Lipinski definition) is 1. The average molecular weight is 270 g/mol. The molecule has 0 radical (unpaired) electrons. The van der Waals surface area contributed by atoms with Crippen molar-refractivity contribution in [3.63, 3.8) is 0 Å². The van der Waals surface area contributed by atoms with E-state index < -0.39 is 0 Å². The number of nitrogens with zero attached hydrogens (tertiary/aromatic N) is 1. The van der Waals surface area contributed by atoms with Crippen LogP contribution in [0, 0.1) is 5.92 Å². The van der Waals surface area contributed by atoms with Crippen LogP contribution < -0.4 is 5.32 Å². The maximum absolute atomic E-state index is 6.01. The van der Waals surface area contributed by atoms with Gasteiger partial charge in [0.05, 0.1) is 12.7 Å². The van der Waals surface area contributed by atoms with E-state index in [-0.39, 0.29) is 0 Å². The molecule has 0 saturated carbocycles. The smallest absolute Gasteiger partial charge is 0.0625 e. The minimum Gasteiger partial charge on any atom is -0.377 e. The van der Waals surface area contributed by atoms with Gasteiger partial charge in [-0.1, -0.05) is 20.3 Å². The lowest BCUT2D eigenvalue weighted by molar-refractivity contribution is 0.00793. The molecule has 1 aliphatic heterocycles. The molecule has 19 heavy (non-hydrogen) atoms. The summed E-state index contributed by atoms with van der Waals surface area (Å²) in [6.45, 7) is 11.1. The van der Waals surface area contributed by atoms with Crippen LogP contribution in [0.15, 0.2) is 0 Å². The third-order valence-electron chi connectivity index (χ3n) is 4.01. The van der Waals surface area contributed by atoms with E-state index in [0.717, 1.165) is 25.6 Å². The summed E-state index contributed by atoms with van der Waals surface area (Å²) in [4.78, 5) is 2.46. The summed E-state index contributed by atoms with van der Waals surface area (Å²) in [5.41, 5.74) is 0. The number of likely N-dealkylation sites (N-methyl/N-ethyl adjacent to an activating group) is 1. The summed E-state index contributed by atoms with van der Waals surface area (Å²) in [6, 6.07) is 0.648. The van der Waals surface area contributed by atoms with Gasteiger partial charge in [0.2, 0.25) is 0 Å². The first kappa shape index (κ1) is 16.9. The zero-order valence-electron chi connectivity index (χ0n) is 13.5. The van der Waals surface area contributed by atoms with Crippen LogP contribution in [0.25, 0.3) is 0 Å². The van der Waals surface area contributed by atoms with Gasteiger partial charge in [0, 0.05) is 6.04 Å². The van der Waals surface area contributed by atoms with Gasteiger partial charge >= 0.3 is 0 Å². The zero-order chi connectivity index (χ0) is 14.1. The van der Waals surface area contributed by atoms with Crippen LogP contribution in [0.3, 0.4) is 0 Å². The van der Waals surface area contributed by atoms with Gasteiger partial charge in [0.25, 0.3) is 0 Å². The molecule has 0 aliphatic carbocycles. The first-order valence-corrected chi connectivity index (χ1v) is 8.12. The predicted octanol–water partition coefficient (Wildman–Crippen LogP) is 2.90. The van der Waals surface area contributed by atoms with Crippen molar-refractivity contribution in [1.82, 2.24) is 10.2 Å². The molecule has 0 spiro atoms. The fourth-order valence-electron chi connectivity index (χ4n) is 2.62. The molecule has 3 heteroatoms. The summed E-state index contributed by atoms with van der Waals surface area (Å²) < 4.78 is 6.01. The van der Waals surface area contributed by atoms with Crippen LogP contribution in [-0.4, -0.2) is 50.3 Å². The highest BCUT2D eigenvalue weighted by Gasteiger charge is 2.19. The lowest BCUT2D eigenvalue weighted by Crippen LogP contribution is -2.40. The SMILES string of the molecule is CC(C)CNCCCC(C)OCC1CCCCN1C. The number of likely N-dealkylation sites (tertiary alicyclic amines) is 1. The Hall–Kier alpha value is -0.120. The molecule has 0 aromatic carbocycles. The summed E-state index contributed by atoms with van der Waals surface area (Å²) in [5, 5.41) is 3.49. The zero-order valence-corrected chi connectivity index (χ0v) is 13.5. The Morgan fingerprint density at radius 3 is 2.74 bits per heavy atom. The second-order valence-electron chi connectivity index (χ2n) is 6.51. The second-order valence-corrected chi connectivity index (χ2v) is 6.51. The summed E-state index contributed by atoms with van der Waals surface area (Å²) in [5.74, 6) is 0.746. The van der Waals surface area contributed by atoms with Crippen molar-refractivity contribution in [2.45, 2.75) is 65.0 Å². The molecule has 0 amide bonds. The third-order valence-corrected chi connectivity index (χ3v) is 4.01. The fourth-order valence-corrected chi connectivity index (χ4v) is 2.62. The van der Waals surface area contributed by atoms with E-state index in [1.54, 1.807) is 0 Å². The van der Waals surface area contributed by atoms with E-state index in [9.17, 15) is 0 Å². The van der Waals surface area contributed by atoms with Crippen LogP contribution in [0.5, 0.6) is 0 Å². The third kappa shape index (κ3) is 7.91. The largest absolute Gasteiger partial charge is 0.377 e.